The van der Waals surface area contributed by atoms with Gasteiger partial charge in [-0.15, -0.1) is 12.3 Å². The largest absolute Gasteiger partial charge is 0.300 e. The second-order valence-electron chi connectivity index (χ2n) is 6.18. The molecule has 1 atom stereocenters. The third-order valence-electron chi connectivity index (χ3n) is 3.56. The van der Waals surface area contributed by atoms with Gasteiger partial charge in [0.15, 0.2) is 0 Å². The van der Waals surface area contributed by atoms with Crippen LogP contribution in [0.5, 0.6) is 0 Å². The van der Waals surface area contributed by atoms with Crippen LogP contribution in [0.4, 0.5) is 0 Å². The van der Waals surface area contributed by atoms with E-state index in [1.165, 1.54) is 24.8 Å². The Kier molecular flexibility index (Phi) is 12.3. The van der Waals surface area contributed by atoms with E-state index in [1.807, 2.05) is 0 Å². The molecule has 0 N–H and O–H groups in total. The molecule has 0 radical (unpaired) electrons. The van der Waals surface area contributed by atoms with E-state index >= 15 is 0 Å². The molecular formula is C19H32O. The summed E-state index contributed by atoms with van der Waals surface area (Å²) in [4.78, 5) is 11.8. The Morgan fingerprint density at radius 2 is 1.80 bits per heavy atom. The predicted molar refractivity (Wildman–Crippen MR) is 88.6 cm³/mol. The highest BCUT2D eigenvalue weighted by Gasteiger charge is 2.08. The van der Waals surface area contributed by atoms with Crippen LogP contribution in [0.25, 0.3) is 0 Å². The van der Waals surface area contributed by atoms with Crippen molar-refractivity contribution in [3.8, 4) is 12.3 Å². The number of ketones is 1. The molecule has 0 amide bonds. The molecule has 0 bridgehead atoms. The number of rotatable bonds is 12. The fraction of sp³-hybridized carbons (Fsp3) is 0.737. The number of allylic oxidation sites excluding steroid dienone is 2. The number of carbonyl (C=O) groups excluding carboxylic acids is 1. The maximum atomic E-state index is 11.8. The van der Waals surface area contributed by atoms with Crippen LogP contribution in [-0.4, -0.2) is 5.78 Å². The zero-order chi connectivity index (χ0) is 15.2. The Bertz CT molecular complexity index is 315. The van der Waals surface area contributed by atoms with Crippen LogP contribution < -0.4 is 0 Å². The lowest BCUT2D eigenvalue weighted by Gasteiger charge is -2.09. The summed E-state index contributed by atoms with van der Waals surface area (Å²) in [5, 5.41) is 0. The van der Waals surface area contributed by atoms with Crippen LogP contribution in [0.2, 0.25) is 0 Å². The molecule has 114 valence electrons. The highest BCUT2D eigenvalue weighted by molar-refractivity contribution is 5.78. The molecule has 0 aromatic heterocycles. The van der Waals surface area contributed by atoms with Gasteiger partial charge in [-0.2, -0.15) is 0 Å². The molecular weight excluding hydrogens is 244 g/mol. The molecule has 0 aliphatic heterocycles. The summed E-state index contributed by atoms with van der Waals surface area (Å²) < 4.78 is 0. The molecule has 0 heterocycles. The molecule has 1 heteroatoms. The summed E-state index contributed by atoms with van der Waals surface area (Å²) in [7, 11) is 0. The Balaban J connectivity index is 3.48. The summed E-state index contributed by atoms with van der Waals surface area (Å²) in [6, 6.07) is 0. The maximum absolute atomic E-state index is 11.8. The van der Waals surface area contributed by atoms with E-state index in [2.05, 4.69) is 32.8 Å². The van der Waals surface area contributed by atoms with Crippen molar-refractivity contribution < 1.29 is 4.79 Å². The molecule has 0 rings (SSSR count). The summed E-state index contributed by atoms with van der Waals surface area (Å²) in [5.74, 6) is 3.63. The van der Waals surface area contributed by atoms with Gasteiger partial charge < -0.3 is 0 Å². The lowest BCUT2D eigenvalue weighted by Crippen LogP contribution is -2.05. The lowest BCUT2D eigenvalue weighted by atomic mass is 9.96. The van der Waals surface area contributed by atoms with E-state index < -0.39 is 0 Å². The summed E-state index contributed by atoms with van der Waals surface area (Å²) in [5.41, 5.74) is 1.37. The van der Waals surface area contributed by atoms with Crippen molar-refractivity contribution in [3.63, 3.8) is 0 Å². The van der Waals surface area contributed by atoms with E-state index in [9.17, 15) is 4.79 Å². The Morgan fingerprint density at radius 1 is 1.15 bits per heavy atom. The van der Waals surface area contributed by atoms with Crippen molar-refractivity contribution in [2.24, 2.45) is 5.92 Å². The van der Waals surface area contributed by atoms with Crippen molar-refractivity contribution in [2.45, 2.75) is 85.0 Å². The highest BCUT2D eigenvalue weighted by atomic mass is 16.1. The molecule has 0 saturated carbocycles. The van der Waals surface area contributed by atoms with Crippen molar-refractivity contribution in [1.82, 2.24) is 0 Å². The van der Waals surface area contributed by atoms with Gasteiger partial charge in [-0.3, -0.25) is 4.79 Å². The minimum Gasteiger partial charge on any atom is -0.300 e. The van der Waals surface area contributed by atoms with Gasteiger partial charge in [-0.1, -0.05) is 37.8 Å². The minimum absolute atomic E-state index is 0.443. The van der Waals surface area contributed by atoms with Crippen LogP contribution in [0.1, 0.15) is 85.0 Å². The van der Waals surface area contributed by atoms with Crippen molar-refractivity contribution >= 4 is 5.78 Å². The average Bonchev–Trinajstić information content (AvgIpc) is 2.37. The lowest BCUT2D eigenvalue weighted by molar-refractivity contribution is -0.120. The van der Waals surface area contributed by atoms with Crippen molar-refractivity contribution in [1.29, 1.82) is 0 Å². The first kappa shape index (κ1) is 19.0. The normalized spacial score (nSPS) is 11.7. The van der Waals surface area contributed by atoms with E-state index in [4.69, 9.17) is 6.42 Å². The highest BCUT2D eigenvalue weighted by Crippen LogP contribution is 2.15. The third kappa shape index (κ3) is 13.4. The van der Waals surface area contributed by atoms with Gasteiger partial charge in [0.2, 0.25) is 0 Å². The zero-order valence-corrected chi connectivity index (χ0v) is 13.7. The van der Waals surface area contributed by atoms with Gasteiger partial charge in [0, 0.05) is 19.3 Å². The van der Waals surface area contributed by atoms with Gasteiger partial charge in [0.1, 0.15) is 5.78 Å². The standard InChI is InChI=1S/C19H32O/c1-5-6-7-8-9-10-11-15-19(20)16-18(4)14-12-13-17(2)3/h1,13,18H,6-12,14-16H2,2-4H3. The second kappa shape index (κ2) is 13.0. The molecule has 20 heavy (non-hydrogen) atoms. The number of hydrogen-bond acceptors (Lipinski definition) is 1. The van der Waals surface area contributed by atoms with E-state index in [0.717, 1.165) is 44.9 Å². The summed E-state index contributed by atoms with van der Waals surface area (Å²) >= 11 is 0. The number of hydrogen-bond donors (Lipinski definition) is 0. The van der Waals surface area contributed by atoms with Crippen LogP contribution in [0, 0.1) is 18.3 Å². The van der Waals surface area contributed by atoms with Gasteiger partial charge in [-0.25, -0.2) is 0 Å². The monoisotopic (exact) mass is 276 g/mol. The van der Waals surface area contributed by atoms with Crippen LogP contribution in [0.3, 0.4) is 0 Å². The third-order valence-corrected chi connectivity index (χ3v) is 3.56. The van der Waals surface area contributed by atoms with Crippen LogP contribution in [0.15, 0.2) is 11.6 Å². The van der Waals surface area contributed by atoms with Crippen molar-refractivity contribution in [3.05, 3.63) is 11.6 Å². The first-order valence-electron chi connectivity index (χ1n) is 8.14. The fourth-order valence-electron chi connectivity index (χ4n) is 2.33. The number of Topliss-reactive ketones (excluding diaryl/α,β-unsaturated/α-hetero) is 1. The maximum Gasteiger partial charge on any atom is 0.133 e. The van der Waals surface area contributed by atoms with Crippen molar-refractivity contribution in [2.75, 3.05) is 0 Å². The average molecular weight is 276 g/mol. The van der Waals surface area contributed by atoms with Gasteiger partial charge >= 0.3 is 0 Å². The molecule has 0 aromatic rings. The number of carbonyl (C=O) groups is 1. The first-order chi connectivity index (χ1) is 9.56. The summed E-state index contributed by atoms with van der Waals surface area (Å²) in [6.07, 6.45) is 17.9. The molecule has 0 aromatic carbocycles. The fourth-order valence-corrected chi connectivity index (χ4v) is 2.33. The molecule has 0 aliphatic rings. The zero-order valence-electron chi connectivity index (χ0n) is 13.7. The van der Waals surface area contributed by atoms with E-state index in [1.54, 1.807) is 0 Å². The predicted octanol–water partition coefficient (Wildman–Crippen LogP) is 5.69. The molecule has 0 spiro atoms. The Morgan fingerprint density at radius 3 is 2.45 bits per heavy atom. The second-order valence-corrected chi connectivity index (χ2v) is 6.18. The molecule has 0 fully saturated rings. The molecule has 1 nitrogen and oxygen atoms in total. The smallest absolute Gasteiger partial charge is 0.133 e. The van der Waals surface area contributed by atoms with E-state index in [-0.39, 0.29) is 0 Å². The van der Waals surface area contributed by atoms with Gasteiger partial charge in [0.25, 0.3) is 0 Å². The van der Waals surface area contributed by atoms with Gasteiger partial charge in [-0.05, 0) is 45.4 Å². The SMILES string of the molecule is C#CCCCCCCCC(=O)CC(C)CCC=C(C)C. The van der Waals surface area contributed by atoms with Gasteiger partial charge in [0.05, 0.1) is 0 Å². The Hall–Kier alpha value is -1.03. The molecule has 0 saturated heterocycles. The molecule has 1 unspecified atom stereocenters. The quantitative estimate of drug-likeness (QED) is 0.254. The van der Waals surface area contributed by atoms with Crippen LogP contribution >= 0.6 is 0 Å². The van der Waals surface area contributed by atoms with E-state index in [0.29, 0.717) is 11.7 Å². The minimum atomic E-state index is 0.443. The van der Waals surface area contributed by atoms with Crippen LogP contribution in [-0.2, 0) is 4.79 Å². The number of unbranched alkanes of at least 4 members (excludes halogenated alkanes) is 5. The number of terminal acetylenes is 1. The summed E-state index contributed by atoms with van der Waals surface area (Å²) in [6.45, 7) is 6.44. The topological polar surface area (TPSA) is 17.1 Å². The first-order valence-corrected chi connectivity index (χ1v) is 8.14. The Labute approximate surface area is 126 Å². The molecule has 0 aliphatic carbocycles.